The second kappa shape index (κ2) is 7.21. The summed E-state index contributed by atoms with van der Waals surface area (Å²) in [6, 6.07) is 9.83. The van der Waals surface area contributed by atoms with Crippen molar-refractivity contribution in [1.29, 1.82) is 0 Å². The average Bonchev–Trinajstić information content (AvgIpc) is 2.50. The molecule has 0 aliphatic carbocycles. The van der Waals surface area contributed by atoms with Crippen molar-refractivity contribution in [2.24, 2.45) is 5.73 Å². The zero-order valence-corrected chi connectivity index (χ0v) is 13.2. The molecular formula is C17H29N3. The van der Waals surface area contributed by atoms with E-state index in [9.17, 15) is 0 Å². The molecule has 1 atom stereocenters. The van der Waals surface area contributed by atoms with Gasteiger partial charge in [0.1, 0.15) is 0 Å². The van der Waals surface area contributed by atoms with Crippen LogP contribution in [0.3, 0.4) is 0 Å². The van der Waals surface area contributed by atoms with Gasteiger partial charge in [-0.2, -0.15) is 0 Å². The van der Waals surface area contributed by atoms with Crippen LogP contribution in [0, 0.1) is 6.92 Å². The van der Waals surface area contributed by atoms with Crippen LogP contribution in [0.1, 0.15) is 36.9 Å². The number of likely N-dealkylation sites (tertiary alicyclic amines) is 1. The molecule has 1 unspecified atom stereocenters. The number of rotatable bonds is 5. The lowest BCUT2D eigenvalue weighted by molar-refractivity contribution is 0.101. The predicted octanol–water partition coefficient (Wildman–Crippen LogP) is 2.41. The van der Waals surface area contributed by atoms with E-state index in [0.717, 1.165) is 0 Å². The number of nitrogens with zero attached hydrogens (tertiary/aromatic N) is 2. The smallest absolute Gasteiger partial charge is 0.0470 e. The fourth-order valence-electron chi connectivity index (χ4n) is 3.22. The molecule has 1 saturated heterocycles. The van der Waals surface area contributed by atoms with Gasteiger partial charge < -0.3 is 10.6 Å². The van der Waals surface area contributed by atoms with Crippen LogP contribution in [0.2, 0.25) is 0 Å². The minimum absolute atomic E-state index is 0.341. The molecule has 0 bridgehead atoms. The molecular weight excluding hydrogens is 246 g/mol. The molecule has 1 aromatic rings. The van der Waals surface area contributed by atoms with Gasteiger partial charge in [0.2, 0.25) is 0 Å². The fraction of sp³-hybridized carbons (Fsp3) is 0.647. The Labute approximate surface area is 123 Å². The summed E-state index contributed by atoms with van der Waals surface area (Å²) in [7, 11) is 2.24. The standard InChI is InChI=1S/C17H29N3/c1-4-20-11-9-16(10-12-20)19(3)17(13-18)15-7-5-14(2)6-8-15/h5-8,16-17H,4,9-13,18H2,1-3H3. The van der Waals surface area contributed by atoms with Crippen LogP contribution in [-0.4, -0.2) is 49.1 Å². The molecule has 1 aromatic carbocycles. The van der Waals surface area contributed by atoms with Gasteiger partial charge in [-0.05, 0) is 52.0 Å². The Morgan fingerprint density at radius 2 is 1.85 bits per heavy atom. The molecule has 1 aliphatic rings. The number of benzene rings is 1. The van der Waals surface area contributed by atoms with Gasteiger partial charge in [-0.1, -0.05) is 36.8 Å². The molecule has 0 amide bonds. The molecule has 2 N–H and O–H groups in total. The summed E-state index contributed by atoms with van der Waals surface area (Å²) in [6.07, 6.45) is 2.51. The third-order valence-electron chi connectivity index (χ3n) is 4.76. The van der Waals surface area contributed by atoms with Crippen LogP contribution in [0.4, 0.5) is 0 Å². The monoisotopic (exact) mass is 275 g/mol. The van der Waals surface area contributed by atoms with Crippen molar-refractivity contribution in [3.63, 3.8) is 0 Å². The molecule has 3 nitrogen and oxygen atoms in total. The van der Waals surface area contributed by atoms with Crippen molar-refractivity contribution < 1.29 is 0 Å². The summed E-state index contributed by atoms with van der Waals surface area (Å²) in [6.45, 7) is 8.68. The molecule has 0 saturated carbocycles. The van der Waals surface area contributed by atoms with Crippen molar-refractivity contribution in [3.8, 4) is 0 Å². The van der Waals surface area contributed by atoms with Gasteiger partial charge in [0, 0.05) is 18.6 Å². The molecule has 112 valence electrons. The Balaban J connectivity index is 2.02. The van der Waals surface area contributed by atoms with Gasteiger partial charge in [0.05, 0.1) is 0 Å². The Morgan fingerprint density at radius 3 is 2.35 bits per heavy atom. The zero-order valence-electron chi connectivity index (χ0n) is 13.2. The topological polar surface area (TPSA) is 32.5 Å². The van der Waals surface area contributed by atoms with Gasteiger partial charge >= 0.3 is 0 Å². The highest BCUT2D eigenvalue weighted by Gasteiger charge is 2.26. The van der Waals surface area contributed by atoms with E-state index >= 15 is 0 Å². The van der Waals surface area contributed by atoms with Crippen molar-refractivity contribution >= 4 is 0 Å². The highest BCUT2D eigenvalue weighted by atomic mass is 15.2. The van der Waals surface area contributed by atoms with Crippen molar-refractivity contribution in [1.82, 2.24) is 9.80 Å². The van der Waals surface area contributed by atoms with Crippen molar-refractivity contribution in [2.45, 2.75) is 38.8 Å². The Kier molecular flexibility index (Phi) is 5.58. The SMILES string of the molecule is CCN1CCC(N(C)C(CN)c2ccc(C)cc2)CC1. The van der Waals surface area contributed by atoms with Gasteiger partial charge in [-0.15, -0.1) is 0 Å². The molecule has 1 aliphatic heterocycles. The van der Waals surface area contributed by atoms with E-state index in [4.69, 9.17) is 5.73 Å². The van der Waals surface area contributed by atoms with Crippen LogP contribution in [0.15, 0.2) is 24.3 Å². The van der Waals surface area contributed by atoms with Crippen LogP contribution in [0.25, 0.3) is 0 Å². The predicted molar refractivity (Wildman–Crippen MR) is 85.9 cm³/mol. The van der Waals surface area contributed by atoms with E-state index in [2.05, 4.69) is 55.0 Å². The van der Waals surface area contributed by atoms with Crippen LogP contribution in [-0.2, 0) is 0 Å². The van der Waals surface area contributed by atoms with Crippen molar-refractivity contribution in [2.75, 3.05) is 33.2 Å². The van der Waals surface area contributed by atoms with Gasteiger partial charge in [-0.3, -0.25) is 4.90 Å². The van der Waals surface area contributed by atoms with E-state index in [0.29, 0.717) is 18.6 Å². The number of likely N-dealkylation sites (N-methyl/N-ethyl adjacent to an activating group) is 1. The lowest BCUT2D eigenvalue weighted by Crippen LogP contribution is -2.45. The van der Waals surface area contributed by atoms with Crippen molar-refractivity contribution in [3.05, 3.63) is 35.4 Å². The Hall–Kier alpha value is -0.900. The van der Waals surface area contributed by atoms with Crippen LogP contribution < -0.4 is 5.73 Å². The number of hydrogen-bond acceptors (Lipinski definition) is 3. The van der Waals surface area contributed by atoms with Crippen LogP contribution >= 0.6 is 0 Å². The molecule has 1 fully saturated rings. The minimum Gasteiger partial charge on any atom is -0.329 e. The molecule has 3 heteroatoms. The summed E-state index contributed by atoms with van der Waals surface area (Å²) in [5.41, 5.74) is 8.71. The number of nitrogens with two attached hydrogens (primary N) is 1. The first-order valence-electron chi connectivity index (χ1n) is 7.86. The fourth-order valence-corrected chi connectivity index (χ4v) is 3.22. The van der Waals surface area contributed by atoms with E-state index in [1.54, 1.807) is 0 Å². The first-order chi connectivity index (χ1) is 9.65. The van der Waals surface area contributed by atoms with E-state index in [1.807, 2.05) is 0 Å². The Morgan fingerprint density at radius 1 is 1.25 bits per heavy atom. The van der Waals surface area contributed by atoms with E-state index < -0.39 is 0 Å². The number of piperidine rings is 1. The maximum Gasteiger partial charge on any atom is 0.0470 e. The normalized spacial score (nSPS) is 19.4. The molecule has 2 rings (SSSR count). The van der Waals surface area contributed by atoms with E-state index in [1.165, 1.54) is 43.6 Å². The second-order valence-corrected chi connectivity index (χ2v) is 5.99. The lowest BCUT2D eigenvalue weighted by atomic mass is 9.98. The summed E-state index contributed by atoms with van der Waals surface area (Å²) >= 11 is 0. The quantitative estimate of drug-likeness (QED) is 0.895. The molecule has 0 aromatic heterocycles. The second-order valence-electron chi connectivity index (χ2n) is 5.99. The maximum absolute atomic E-state index is 6.05. The highest BCUT2D eigenvalue weighted by Crippen LogP contribution is 2.25. The molecule has 1 heterocycles. The van der Waals surface area contributed by atoms with Crippen LogP contribution in [0.5, 0.6) is 0 Å². The zero-order chi connectivity index (χ0) is 14.5. The largest absolute Gasteiger partial charge is 0.329 e. The Bertz CT molecular complexity index is 393. The average molecular weight is 275 g/mol. The summed E-state index contributed by atoms with van der Waals surface area (Å²) in [5.74, 6) is 0. The summed E-state index contributed by atoms with van der Waals surface area (Å²) < 4.78 is 0. The molecule has 20 heavy (non-hydrogen) atoms. The first-order valence-corrected chi connectivity index (χ1v) is 7.86. The highest BCUT2D eigenvalue weighted by molar-refractivity contribution is 5.24. The third-order valence-corrected chi connectivity index (χ3v) is 4.76. The number of hydrogen-bond donors (Lipinski definition) is 1. The van der Waals surface area contributed by atoms with E-state index in [-0.39, 0.29) is 0 Å². The lowest BCUT2D eigenvalue weighted by Gasteiger charge is -2.40. The minimum atomic E-state index is 0.341. The third kappa shape index (κ3) is 3.60. The van der Waals surface area contributed by atoms with Gasteiger partial charge in [0.15, 0.2) is 0 Å². The molecule has 0 spiro atoms. The summed E-state index contributed by atoms with van der Waals surface area (Å²) in [4.78, 5) is 5.03. The molecule has 0 radical (unpaired) electrons. The maximum atomic E-state index is 6.05. The van der Waals surface area contributed by atoms with Gasteiger partial charge in [-0.25, -0.2) is 0 Å². The number of aryl methyl sites for hydroxylation is 1. The summed E-state index contributed by atoms with van der Waals surface area (Å²) in [5, 5.41) is 0. The van der Waals surface area contributed by atoms with Gasteiger partial charge in [0.25, 0.3) is 0 Å². The first kappa shape index (κ1) is 15.5.